The van der Waals surface area contributed by atoms with Crippen molar-refractivity contribution in [3.63, 3.8) is 0 Å². The Morgan fingerprint density at radius 2 is 1.95 bits per heavy atom. The zero-order chi connectivity index (χ0) is 14.9. The fourth-order valence-electron chi connectivity index (χ4n) is 1.92. The van der Waals surface area contributed by atoms with Gasteiger partial charge in [-0.15, -0.1) is 0 Å². The monoisotopic (exact) mass is 309 g/mol. The first-order chi connectivity index (χ1) is 10.0. The van der Waals surface area contributed by atoms with E-state index in [2.05, 4.69) is 15.3 Å². The number of pyridine rings is 1. The van der Waals surface area contributed by atoms with Crippen LogP contribution in [0.5, 0.6) is 0 Å². The van der Waals surface area contributed by atoms with Gasteiger partial charge in [-0.1, -0.05) is 23.5 Å². The highest BCUT2D eigenvalue weighted by Crippen LogP contribution is 2.37. The summed E-state index contributed by atoms with van der Waals surface area (Å²) in [5, 5.41) is 3.46. The molecule has 0 saturated carbocycles. The maximum absolute atomic E-state index is 12.9. The smallest absolute Gasteiger partial charge is 0.356 e. The van der Waals surface area contributed by atoms with Crippen LogP contribution >= 0.6 is 11.3 Å². The minimum absolute atomic E-state index is 0.0153. The lowest BCUT2D eigenvalue weighted by Crippen LogP contribution is -2.05. The lowest BCUT2D eigenvalue weighted by atomic mass is 10.2. The van der Waals surface area contributed by atoms with Gasteiger partial charge in [0, 0.05) is 6.20 Å². The maximum Gasteiger partial charge on any atom is 0.418 e. The van der Waals surface area contributed by atoms with Gasteiger partial charge in [-0.25, -0.2) is 4.98 Å². The highest BCUT2D eigenvalue weighted by Gasteiger charge is 2.33. The minimum Gasteiger partial charge on any atom is -0.356 e. The van der Waals surface area contributed by atoms with E-state index in [0.29, 0.717) is 16.4 Å². The van der Waals surface area contributed by atoms with Crippen LogP contribution in [0.3, 0.4) is 0 Å². The molecule has 0 bridgehead atoms. The quantitative estimate of drug-likeness (QED) is 0.783. The van der Waals surface area contributed by atoms with Crippen LogP contribution in [0.15, 0.2) is 42.6 Å². The normalized spacial score (nSPS) is 11.8. The van der Waals surface area contributed by atoms with E-state index in [1.165, 1.54) is 17.4 Å². The van der Waals surface area contributed by atoms with Crippen LogP contribution in [-0.2, 0) is 12.7 Å². The number of para-hydroxylation sites is 1. The van der Waals surface area contributed by atoms with Gasteiger partial charge in [0.1, 0.15) is 0 Å². The third-order valence-electron chi connectivity index (χ3n) is 2.87. The van der Waals surface area contributed by atoms with Crippen LogP contribution in [-0.4, -0.2) is 9.97 Å². The summed E-state index contributed by atoms with van der Waals surface area (Å²) in [6.07, 6.45) is -2.73. The molecule has 7 heteroatoms. The van der Waals surface area contributed by atoms with Gasteiger partial charge in [-0.2, -0.15) is 13.2 Å². The number of fused-ring (bicyclic) bond motifs is 1. The summed E-state index contributed by atoms with van der Waals surface area (Å²) >= 11 is 1.20. The molecule has 2 heterocycles. The van der Waals surface area contributed by atoms with Crippen molar-refractivity contribution < 1.29 is 13.2 Å². The molecule has 21 heavy (non-hydrogen) atoms. The first-order valence-electron chi connectivity index (χ1n) is 6.14. The number of benzene rings is 1. The first-order valence-corrected chi connectivity index (χ1v) is 6.96. The molecular weight excluding hydrogens is 299 g/mol. The van der Waals surface area contributed by atoms with Crippen molar-refractivity contribution in [2.45, 2.75) is 12.7 Å². The van der Waals surface area contributed by atoms with E-state index in [-0.39, 0.29) is 5.52 Å². The van der Waals surface area contributed by atoms with E-state index in [4.69, 9.17) is 0 Å². The molecule has 1 N–H and O–H groups in total. The molecule has 108 valence electrons. The van der Waals surface area contributed by atoms with E-state index in [9.17, 15) is 13.2 Å². The molecule has 3 rings (SSSR count). The molecule has 0 saturated heterocycles. The molecule has 1 aromatic carbocycles. The van der Waals surface area contributed by atoms with Gasteiger partial charge in [0.2, 0.25) is 0 Å². The summed E-state index contributed by atoms with van der Waals surface area (Å²) in [5.41, 5.74) is 0.0773. The third-order valence-corrected chi connectivity index (χ3v) is 3.85. The zero-order valence-corrected chi connectivity index (χ0v) is 11.5. The molecule has 2 aromatic heterocycles. The van der Waals surface area contributed by atoms with E-state index in [1.807, 2.05) is 12.1 Å². The first kappa shape index (κ1) is 13.8. The summed E-state index contributed by atoms with van der Waals surface area (Å²) < 4.78 is 39.2. The number of rotatable bonds is 3. The SMILES string of the molecule is FC(F)(F)c1cccc2sc(NCc3ccccn3)nc12. The molecule has 3 aromatic rings. The maximum atomic E-state index is 12.9. The molecule has 0 radical (unpaired) electrons. The molecule has 3 nitrogen and oxygen atoms in total. The van der Waals surface area contributed by atoms with Gasteiger partial charge in [0.25, 0.3) is 0 Å². The predicted molar refractivity (Wildman–Crippen MR) is 76.2 cm³/mol. The van der Waals surface area contributed by atoms with Gasteiger partial charge in [0.05, 0.1) is 28.0 Å². The fraction of sp³-hybridized carbons (Fsp3) is 0.143. The molecule has 0 atom stereocenters. The van der Waals surface area contributed by atoms with Crippen molar-refractivity contribution in [3.8, 4) is 0 Å². The Labute approximate surface area is 122 Å². The number of alkyl halides is 3. The lowest BCUT2D eigenvalue weighted by Gasteiger charge is -2.06. The van der Waals surface area contributed by atoms with Gasteiger partial charge in [0.15, 0.2) is 5.13 Å². The third kappa shape index (κ3) is 2.97. The second kappa shape index (κ2) is 5.33. The largest absolute Gasteiger partial charge is 0.418 e. The number of aromatic nitrogens is 2. The number of nitrogens with one attached hydrogen (secondary N) is 1. The summed E-state index contributed by atoms with van der Waals surface area (Å²) in [6.45, 7) is 0.419. The molecule has 0 fully saturated rings. The van der Waals surface area contributed by atoms with Crippen LogP contribution in [0.1, 0.15) is 11.3 Å². The zero-order valence-electron chi connectivity index (χ0n) is 10.7. The number of thiazole rings is 1. The summed E-state index contributed by atoms with van der Waals surface area (Å²) in [6, 6.07) is 9.56. The standard InChI is InChI=1S/C14H10F3N3S/c15-14(16,17)10-5-3-6-11-12(10)20-13(21-11)19-8-9-4-1-2-7-18-9/h1-7H,8H2,(H,19,20). The molecule has 0 aliphatic carbocycles. The van der Waals surface area contributed by atoms with Crippen LogP contribution in [0.2, 0.25) is 0 Å². The highest BCUT2D eigenvalue weighted by molar-refractivity contribution is 7.22. The average Bonchev–Trinajstić information content (AvgIpc) is 2.87. The van der Waals surface area contributed by atoms with Gasteiger partial charge < -0.3 is 5.32 Å². The number of anilines is 1. The summed E-state index contributed by atoms with van der Waals surface area (Å²) in [4.78, 5) is 8.19. The fourth-order valence-corrected chi connectivity index (χ4v) is 2.81. The van der Waals surface area contributed by atoms with Gasteiger partial charge in [-0.05, 0) is 24.3 Å². The Balaban J connectivity index is 1.88. The molecular formula is C14H10F3N3S. The number of hydrogen-bond donors (Lipinski definition) is 1. The summed E-state index contributed by atoms with van der Waals surface area (Å²) in [7, 11) is 0. The highest BCUT2D eigenvalue weighted by atomic mass is 32.1. The van der Waals surface area contributed by atoms with Crippen molar-refractivity contribution in [1.29, 1.82) is 0 Å². The second-order valence-corrected chi connectivity index (χ2v) is 5.37. The Kier molecular flexibility index (Phi) is 3.50. The molecule has 0 amide bonds. The molecule has 0 aliphatic rings. The second-order valence-electron chi connectivity index (χ2n) is 4.34. The van der Waals surface area contributed by atoms with Crippen LogP contribution in [0.4, 0.5) is 18.3 Å². The lowest BCUT2D eigenvalue weighted by molar-refractivity contribution is -0.136. The Morgan fingerprint density at radius 3 is 2.67 bits per heavy atom. The molecule has 0 unspecified atom stereocenters. The van der Waals surface area contributed by atoms with E-state index in [0.717, 1.165) is 11.8 Å². The Morgan fingerprint density at radius 1 is 1.10 bits per heavy atom. The number of nitrogens with zero attached hydrogens (tertiary/aromatic N) is 2. The van der Waals surface area contributed by atoms with E-state index in [1.54, 1.807) is 18.3 Å². The number of hydrogen-bond acceptors (Lipinski definition) is 4. The van der Waals surface area contributed by atoms with Crippen molar-refractivity contribution in [2.75, 3.05) is 5.32 Å². The summed E-state index contributed by atoms with van der Waals surface area (Å²) in [5.74, 6) is 0. The molecule has 0 spiro atoms. The van der Waals surface area contributed by atoms with Crippen molar-refractivity contribution >= 4 is 26.7 Å². The van der Waals surface area contributed by atoms with Crippen LogP contribution < -0.4 is 5.32 Å². The van der Waals surface area contributed by atoms with E-state index >= 15 is 0 Å². The van der Waals surface area contributed by atoms with Gasteiger partial charge >= 0.3 is 6.18 Å². The van der Waals surface area contributed by atoms with E-state index < -0.39 is 11.7 Å². The van der Waals surface area contributed by atoms with Crippen molar-refractivity contribution in [2.24, 2.45) is 0 Å². The van der Waals surface area contributed by atoms with Gasteiger partial charge in [-0.3, -0.25) is 4.98 Å². The van der Waals surface area contributed by atoms with Crippen LogP contribution in [0, 0.1) is 0 Å². The topological polar surface area (TPSA) is 37.8 Å². The number of halogens is 3. The minimum atomic E-state index is -4.40. The predicted octanol–water partition coefficient (Wildman–Crippen LogP) is 4.32. The van der Waals surface area contributed by atoms with Crippen LogP contribution in [0.25, 0.3) is 10.2 Å². The Bertz CT molecular complexity index is 753. The van der Waals surface area contributed by atoms with Crippen molar-refractivity contribution in [1.82, 2.24) is 9.97 Å². The average molecular weight is 309 g/mol. The Hall–Kier alpha value is -2.15. The van der Waals surface area contributed by atoms with Crippen molar-refractivity contribution in [3.05, 3.63) is 53.9 Å². The molecule has 0 aliphatic heterocycles.